The van der Waals surface area contributed by atoms with E-state index < -0.39 is 22.1 Å². The smallest absolute Gasteiger partial charge is 0.505 e. The number of fused-ring (bicyclic) bond motifs is 1. The second-order valence-electron chi connectivity index (χ2n) is 6.14. The third-order valence-electron chi connectivity index (χ3n) is 3.90. The second-order valence-corrected chi connectivity index (χ2v) is 6.14. The van der Waals surface area contributed by atoms with Gasteiger partial charge in [-0.25, -0.2) is 4.79 Å². The zero-order chi connectivity index (χ0) is 16.9. The van der Waals surface area contributed by atoms with E-state index in [0.717, 1.165) is 0 Å². The molecule has 1 unspecified atom stereocenters. The number of phenolic OH excluding ortho intramolecular Hbond substituents is 1. The van der Waals surface area contributed by atoms with Gasteiger partial charge in [0.15, 0.2) is 11.4 Å². The zero-order valence-corrected chi connectivity index (χ0v) is 13.2. The number of quaternary nitrogens is 1. The predicted molar refractivity (Wildman–Crippen MR) is 81.8 cm³/mol. The number of ether oxygens (including phenoxy) is 1. The molecule has 1 amide bonds. The Kier molecular flexibility index (Phi) is 3.49. The maximum Gasteiger partial charge on any atom is 0.525 e. The molecule has 1 aliphatic heterocycles. The summed E-state index contributed by atoms with van der Waals surface area (Å²) in [5.41, 5.74) is -0.275. The van der Waals surface area contributed by atoms with Gasteiger partial charge >= 0.3 is 12.1 Å². The van der Waals surface area contributed by atoms with Crippen molar-refractivity contribution in [3.63, 3.8) is 0 Å². The molecule has 0 spiro atoms. The van der Waals surface area contributed by atoms with Crippen LogP contribution in [-0.2, 0) is 4.74 Å². The fourth-order valence-corrected chi connectivity index (χ4v) is 3.00. The first kappa shape index (κ1) is 16.0. The summed E-state index contributed by atoms with van der Waals surface area (Å²) >= 11 is 0. The highest BCUT2D eigenvalue weighted by Crippen LogP contribution is 2.50. The second kappa shape index (κ2) is 4.81. The number of methoxy groups -OCH3 is 1. The molecule has 0 bridgehead atoms. The van der Waals surface area contributed by atoms with Crippen LogP contribution in [0.2, 0.25) is 0 Å². The van der Waals surface area contributed by atoms with E-state index in [4.69, 9.17) is 0 Å². The Morgan fingerprint density at radius 2 is 1.86 bits per heavy atom. The lowest BCUT2D eigenvalue weighted by Crippen LogP contribution is -2.66. The van der Waals surface area contributed by atoms with Crippen molar-refractivity contribution in [1.29, 1.82) is 0 Å². The number of nitrogens with zero attached hydrogens (tertiary/aromatic N) is 2. The average molecular weight is 307 g/mol. The van der Waals surface area contributed by atoms with Crippen LogP contribution in [0.25, 0.3) is 0 Å². The van der Waals surface area contributed by atoms with Gasteiger partial charge in [0.1, 0.15) is 11.3 Å². The number of carboxylic acid groups (broad SMARTS) is 1. The first-order valence-electron chi connectivity index (χ1n) is 6.71. The van der Waals surface area contributed by atoms with E-state index >= 15 is 0 Å². The number of aliphatic imine (C=N–C) groups is 1. The molecule has 0 aromatic heterocycles. The third-order valence-corrected chi connectivity index (χ3v) is 3.90. The fourth-order valence-electron chi connectivity index (χ4n) is 3.00. The average Bonchev–Trinajstić information content (AvgIpc) is 2.70. The Morgan fingerprint density at radius 3 is 2.32 bits per heavy atom. The number of carbonyl (C=O) groups excluding carboxylic acids is 1. The van der Waals surface area contributed by atoms with E-state index in [9.17, 15) is 19.8 Å². The summed E-state index contributed by atoms with van der Waals surface area (Å²) in [7, 11) is 1.22. The molecule has 1 heterocycles. The van der Waals surface area contributed by atoms with E-state index in [1.165, 1.54) is 19.2 Å². The lowest BCUT2D eigenvalue weighted by molar-refractivity contribution is 0.0599. The van der Waals surface area contributed by atoms with E-state index in [1.54, 1.807) is 27.7 Å². The Hall–Kier alpha value is -2.41. The molecule has 1 atom stereocenters. The Morgan fingerprint density at radius 1 is 1.27 bits per heavy atom. The molecule has 1 aromatic rings. The molecule has 0 saturated heterocycles. The number of amides is 1. The van der Waals surface area contributed by atoms with E-state index in [2.05, 4.69) is 9.73 Å². The summed E-state index contributed by atoms with van der Waals surface area (Å²) in [5, 5.41) is 20.0. The number of hydrogen-bond acceptors (Lipinski definition) is 5. The Bertz CT molecular complexity index is 703. The zero-order valence-electron chi connectivity index (χ0n) is 13.2. The molecule has 0 aliphatic carbocycles. The molecule has 7 nitrogen and oxygen atoms in total. The summed E-state index contributed by atoms with van der Waals surface area (Å²) in [6.45, 7) is 6.88. The number of carbonyl (C=O) groups is 2. The predicted octanol–water partition coefficient (Wildman–Crippen LogP) is 3.03. The highest BCUT2D eigenvalue weighted by Gasteiger charge is 2.58. The van der Waals surface area contributed by atoms with Crippen molar-refractivity contribution in [2.24, 2.45) is 4.99 Å². The van der Waals surface area contributed by atoms with Crippen molar-refractivity contribution in [3.05, 3.63) is 17.7 Å². The molecule has 22 heavy (non-hydrogen) atoms. The number of amidine groups is 1. The highest BCUT2D eigenvalue weighted by atomic mass is 16.5. The highest BCUT2D eigenvalue weighted by molar-refractivity contribution is 6.15. The van der Waals surface area contributed by atoms with Gasteiger partial charge in [-0.05, 0) is 26.8 Å². The van der Waals surface area contributed by atoms with Crippen LogP contribution in [0.15, 0.2) is 17.1 Å². The number of aromatic hydroxyl groups is 1. The van der Waals surface area contributed by atoms with Gasteiger partial charge in [0.05, 0.1) is 12.7 Å². The Labute approximate surface area is 128 Å². The number of phenols is 1. The largest absolute Gasteiger partial charge is 0.525 e. The minimum Gasteiger partial charge on any atom is -0.505 e. The van der Waals surface area contributed by atoms with Gasteiger partial charge in [0, 0.05) is 13.0 Å². The fraction of sp³-hybridized carbons (Fsp3) is 0.400. The van der Waals surface area contributed by atoms with Gasteiger partial charge in [-0.3, -0.25) is 0 Å². The number of hydrogen-bond donors (Lipinski definition) is 2. The summed E-state index contributed by atoms with van der Waals surface area (Å²) in [6.07, 6.45) is -1.13. The molecule has 7 heteroatoms. The normalized spacial score (nSPS) is 20.3. The van der Waals surface area contributed by atoms with Gasteiger partial charge < -0.3 is 14.9 Å². The molecule has 0 saturated carbocycles. The molecule has 0 fully saturated rings. The first-order chi connectivity index (χ1) is 10.1. The standard InChI is InChI=1S/C15H18N2O5/c1-8-16-12-10(17(8,14(20)21)15(2,3)4)6-9(7-11(12)18)13(19)22-5/h6-7H,1-5H3,(H-,18,20,21)/p+1. The maximum absolute atomic E-state index is 12.1. The minimum absolute atomic E-state index is 0.0802. The van der Waals surface area contributed by atoms with Crippen LogP contribution >= 0.6 is 0 Å². The van der Waals surface area contributed by atoms with Crippen LogP contribution in [0.5, 0.6) is 5.75 Å². The third kappa shape index (κ3) is 1.89. The molecule has 2 rings (SSSR count). The molecule has 0 radical (unpaired) electrons. The van der Waals surface area contributed by atoms with Crippen LogP contribution in [0.4, 0.5) is 16.2 Å². The van der Waals surface area contributed by atoms with E-state index in [1.807, 2.05) is 0 Å². The van der Waals surface area contributed by atoms with Crippen molar-refractivity contribution < 1.29 is 24.5 Å². The lowest BCUT2D eigenvalue weighted by atomic mass is 9.99. The van der Waals surface area contributed by atoms with Crippen LogP contribution < -0.4 is 4.48 Å². The van der Waals surface area contributed by atoms with Crippen molar-refractivity contribution in [1.82, 2.24) is 4.48 Å². The molecule has 1 aromatic carbocycles. The van der Waals surface area contributed by atoms with Gasteiger partial charge in [-0.2, -0.15) is 9.79 Å². The first-order valence-corrected chi connectivity index (χ1v) is 6.71. The minimum atomic E-state index is -1.13. The number of rotatable bonds is 1. The lowest BCUT2D eigenvalue weighted by Gasteiger charge is -2.39. The summed E-state index contributed by atoms with van der Waals surface area (Å²) in [6, 6.07) is 2.65. The van der Waals surface area contributed by atoms with Crippen LogP contribution in [0.3, 0.4) is 0 Å². The van der Waals surface area contributed by atoms with Crippen molar-refractivity contribution in [2.45, 2.75) is 33.2 Å². The van der Waals surface area contributed by atoms with Crippen molar-refractivity contribution in [2.75, 3.05) is 7.11 Å². The van der Waals surface area contributed by atoms with Crippen molar-refractivity contribution in [3.8, 4) is 5.75 Å². The van der Waals surface area contributed by atoms with Gasteiger partial charge in [-0.1, -0.05) is 0 Å². The maximum atomic E-state index is 12.1. The van der Waals surface area contributed by atoms with Gasteiger partial charge in [-0.15, -0.1) is 4.48 Å². The van der Waals surface area contributed by atoms with E-state index in [0.29, 0.717) is 5.84 Å². The summed E-state index contributed by atoms with van der Waals surface area (Å²) < 4.78 is 4.07. The molecular weight excluding hydrogens is 288 g/mol. The molecular formula is C15H19N2O5+. The van der Waals surface area contributed by atoms with Crippen LogP contribution in [-0.4, -0.2) is 40.8 Å². The monoisotopic (exact) mass is 307 g/mol. The summed E-state index contributed by atoms with van der Waals surface area (Å²) in [5.74, 6) is -0.588. The molecule has 1 aliphatic rings. The summed E-state index contributed by atoms with van der Waals surface area (Å²) in [4.78, 5) is 28.1. The van der Waals surface area contributed by atoms with Gasteiger partial charge in [0.2, 0.25) is 5.84 Å². The topological polar surface area (TPSA) is 96.2 Å². The van der Waals surface area contributed by atoms with Crippen molar-refractivity contribution >= 4 is 29.3 Å². The van der Waals surface area contributed by atoms with Crippen LogP contribution in [0.1, 0.15) is 38.1 Å². The Balaban J connectivity index is 2.85. The quantitative estimate of drug-likeness (QED) is 0.614. The number of esters is 1. The number of benzene rings is 1. The van der Waals surface area contributed by atoms with Gasteiger partial charge in [0.25, 0.3) is 0 Å². The van der Waals surface area contributed by atoms with Crippen LogP contribution in [0, 0.1) is 0 Å². The molecule has 118 valence electrons. The van der Waals surface area contributed by atoms with E-state index in [-0.39, 0.29) is 22.7 Å². The SMILES string of the molecule is COC(=O)c1cc(O)c2c(c1)[N+](C(=O)O)(C(C)(C)C)C(C)=N2. The molecule has 2 N–H and O–H groups in total.